The summed E-state index contributed by atoms with van der Waals surface area (Å²) in [6.45, 7) is 3.07. The van der Waals surface area contributed by atoms with E-state index in [-0.39, 0.29) is 11.1 Å². The molecule has 1 atom stereocenters. The van der Waals surface area contributed by atoms with Gasteiger partial charge in [0.25, 0.3) is 11.1 Å². The molecule has 0 bridgehead atoms. The summed E-state index contributed by atoms with van der Waals surface area (Å²) >= 11 is 0. The molecule has 8 heteroatoms. The summed E-state index contributed by atoms with van der Waals surface area (Å²) in [6, 6.07) is 2.10. The summed E-state index contributed by atoms with van der Waals surface area (Å²) in [5, 5.41) is 7.82. The summed E-state index contributed by atoms with van der Waals surface area (Å²) in [5.41, 5.74) is 2.03. The second-order valence-corrected chi connectivity index (χ2v) is 7.72. The first-order valence-electron chi connectivity index (χ1n) is 10.3. The van der Waals surface area contributed by atoms with E-state index in [4.69, 9.17) is 0 Å². The zero-order valence-corrected chi connectivity index (χ0v) is 16.2. The van der Waals surface area contributed by atoms with Crippen LogP contribution in [0.15, 0.2) is 28.0 Å². The maximum absolute atomic E-state index is 12.4. The summed E-state index contributed by atoms with van der Waals surface area (Å²) in [4.78, 5) is 33.4. The van der Waals surface area contributed by atoms with Crippen LogP contribution in [0.2, 0.25) is 0 Å². The molecular formula is C20H28N6O2. The van der Waals surface area contributed by atoms with Crippen LogP contribution in [0.3, 0.4) is 0 Å². The maximum Gasteiger partial charge on any atom is 0.290 e. The molecule has 8 nitrogen and oxygen atoms in total. The molecular weight excluding hydrogens is 356 g/mol. The normalized spacial score (nSPS) is 19.9. The standard InChI is InChI=1S/C20H28N6O2/c27-18-13-15-5-1-2-7-17(15)24-26(18)12-11-25-10-4-3-6-16(25)14-23-19-20(28)22-9-8-21-19/h8-9,13,16H,1-7,10-12,14H2,(H,21,23)(H,22,28). The van der Waals surface area contributed by atoms with E-state index in [0.717, 1.165) is 62.9 Å². The molecule has 0 amide bonds. The molecule has 0 radical (unpaired) electrons. The van der Waals surface area contributed by atoms with Crippen molar-refractivity contribution in [2.45, 2.75) is 57.5 Å². The van der Waals surface area contributed by atoms with Crippen LogP contribution in [0.4, 0.5) is 5.82 Å². The zero-order valence-electron chi connectivity index (χ0n) is 16.2. The summed E-state index contributed by atoms with van der Waals surface area (Å²) in [5.74, 6) is 0.362. The smallest absolute Gasteiger partial charge is 0.290 e. The van der Waals surface area contributed by atoms with Gasteiger partial charge in [0.05, 0.1) is 12.2 Å². The van der Waals surface area contributed by atoms with Gasteiger partial charge in [-0.05, 0) is 50.6 Å². The average molecular weight is 384 g/mol. The Kier molecular flexibility index (Phi) is 5.85. The van der Waals surface area contributed by atoms with Gasteiger partial charge < -0.3 is 10.3 Å². The van der Waals surface area contributed by atoms with Crippen LogP contribution in [0, 0.1) is 0 Å². The van der Waals surface area contributed by atoms with Crippen LogP contribution in [0.5, 0.6) is 0 Å². The quantitative estimate of drug-likeness (QED) is 0.776. The number of piperidine rings is 1. The monoisotopic (exact) mass is 384 g/mol. The van der Waals surface area contributed by atoms with Crippen molar-refractivity contribution in [1.82, 2.24) is 24.6 Å². The fraction of sp³-hybridized carbons (Fsp3) is 0.600. The summed E-state index contributed by atoms with van der Waals surface area (Å²) < 4.78 is 1.63. The van der Waals surface area contributed by atoms with Crippen molar-refractivity contribution in [3.05, 3.63) is 50.4 Å². The van der Waals surface area contributed by atoms with Gasteiger partial charge in [0.1, 0.15) is 0 Å². The Morgan fingerprint density at radius 3 is 2.93 bits per heavy atom. The molecule has 1 saturated heterocycles. The van der Waals surface area contributed by atoms with Crippen molar-refractivity contribution in [2.24, 2.45) is 0 Å². The number of anilines is 1. The number of aromatic amines is 1. The first-order chi connectivity index (χ1) is 13.7. The van der Waals surface area contributed by atoms with Gasteiger partial charge in [0.2, 0.25) is 0 Å². The van der Waals surface area contributed by atoms with Crippen molar-refractivity contribution < 1.29 is 0 Å². The van der Waals surface area contributed by atoms with Crippen LogP contribution in [0.1, 0.15) is 43.4 Å². The first kappa shape index (κ1) is 18.9. The molecule has 2 N–H and O–H groups in total. The van der Waals surface area contributed by atoms with Crippen molar-refractivity contribution in [2.75, 3.05) is 25.0 Å². The van der Waals surface area contributed by atoms with Crippen LogP contribution in [0.25, 0.3) is 0 Å². The predicted molar refractivity (Wildman–Crippen MR) is 108 cm³/mol. The Labute approximate surface area is 164 Å². The molecule has 3 heterocycles. The topological polar surface area (TPSA) is 95.9 Å². The molecule has 1 fully saturated rings. The Morgan fingerprint density at radius 1 is 1.14 bits per heavy atom. The number of hydrogen-bond donors (Lipinski definition) is 2. The molecule has 2 aromatic rings. The van der Waals surface area contributed by atoms with E-state index >= 15 is 0 Å². The number of fused-ring (bicyclic) bond motifs is 1. The number of nitrogens with zero attached hydrogens (tertiary/aromatic N) is 4. The number of rotatable bonds is 6. The highest BCUT2D eigenvalue weighted by atomic mass is 16.1. The van der Waals surface area contributed by atoms with E-state index < -0.39 is 0 Å². The lowest BCUT2D eigenvalue weighted by Gasteiger charge is -2.35. The SMILES string of the molecule is O=c1[nH]ccnc1NCC1CCCCN1CCn1nc2c(cc1=O)CCCC2. The minimum Gasteiger partial charge on any atom is -0.364 e. The van der Waals surface area contributed by atoms with E-state index in [9.17, 15) is 9.59 Å². The molecule has 0 spiro atoms. The van der Waals surface area contributed by atoms with E-state index in [1.807, 2.05) is 0 Å². The van der Waals surface area contributed by atoms with Crippen LogP contribution in [-0.2, 0) is 19.4 Å². The minimum atomic E-state index is -0.199. The number of hydrogen-bond acceptors (Lipinski definition) is 6. The van der Waals surface area contributed by atoms with Crippen LogP contribution < -0.4 is 16.4 Å². The van der Waals surface area contributed by atoms with E-state index in [0.29, 0.717) is 24.9 Å². The maximum atomic E-state index is 12.4. The highest BCUT2D eigenvalue weighted by Gasteiger charge is 2.23. The second-order valence-electron chi connectivity index (χ2n) is 7.72. The average Bonchev–Trinajstić information content (AvgIpc) is 2.72. The van der Waals surface area contributed by atoms with Gasteiger partial charge in [-0.3, -0.25) is 14.5 Å². The largest absolute Gasteiger partial charge is 0.364 e. The Balaban J connectivity index is 1.39. The Bertz CT molecular complexity index is 921. The van der Waals surface area contributed by atoms with Gasteiger partial charge in [0.15, 0.2) is 5.82 Å². The number of H-pyrrole nitrogens is 1. The number of aryl methyl sites for hydroxylation is 2. The highest BCUT2D eigenvalue weighted by molar-refractivity contribution is 5.30. The van der Waals surface area contributed by atoms with Gasteiger partial charge in [-0.25, -0.2) is 9.67 Å². The number of nitrogens with one attached hydrogen (secondary N) is 2. The molecule has 0 saturated carbocycles. The lowest BCUT2D eigenvalue weighted by molar-refractivity contribution is 0.147. The van der Waals surface area contributed by atoms with Crippen molar-refractivity contribution in [3.8, 4) is 0 Å². The number of likely N-dealkylation sites (tertiary alicyclic amines) is 1. The third-order valence-corrected chi connectivity index (χ3v) is 5.83. The van der Waals surface area contributed by atoms with E-state index in [1.54, 1.807) is 16.9 Å². The summed E-state index contributed by atoms with van der Waals surface area (Å²) in [6.07, 6.45) is 10.8. The molecule has 1 aliphatic heterocycles. The molecule has 2 aliphatic rings. The van der Waals surface area contributed by atoms with E-state index in [1.165, 1.54) is 12.6 Å². The van der Waals surface area contributed by atoms with E-state index in [2.05, 4.69) is 25.3 Å². The molecule has 4 rings (SSSR count). The number of aromatic nitrogens is 4. The summed E-state index contributed by atoms with van der Waals surface area (Å²) in [7, 11) is 0. The van der Waals surface area contributed by atoms with Crippen molar-refractivity contribution in [3.63, 3.8) is 0 Å². The fourth-order valence-corrected chi connectivity index (χ4v) is 4.26. The Hall–Kier alpha value is -2.48. The molecule has 0 aromatic carbocycles. The predicted octanol–water partition coefficient (Wildman–Crippen LogP) is 1.17. The fourth-order valence-electron chi connectivity index (χ4n) is 4.26. The molecule has 28 heavy (non-hydrogen) atoms. The van der Waals surface area contributed by atoms with Gasteiger partial charge in [0, 0.05) is 37.6 Å². The van der Waals surface area contributed by atoms with Gasteiger partial charge >= 0.3 is 0 Å². The van der Waals surface area contributed by atoms with Crippen molar-refractivity contribution >= 4 is 5.82 Å². The lowest BCUT2D eigenvalue weighted by atomic mass is 9.97. The minimum absolute atomic E-state index is 0.00681. The van der Waals surface area contributed by atoms with Crippen LogP contribution in [-0.4, -0.2) is 50.3 Å². The molecule has 2 aromatic heterocycles. The van der Waals surface area contributed by atoms with Gasteiger partial charge in [-0.2, -0.15) is 5.10 Å². The third kappa shape index (κ3) is 4.32. The molecule has 150 valence electrons. The molecule has 1 unspecified atom stereocenters. The lowest BCUT2D eigenvalue weighted by Crippen LogP contribution is -2.46. The zero-order chi connectivity index (χ0) is 19.3. The highest BCUT2D eigenvalue weighted by Crippen LogP contribution is 2.18. The second kappa shape index (κ2) is 8.68. The van der Waals surface area contributed by atoms with Gasteiger partial charge in [-0.1, -0.05) is 6.42 Å². The third-order valence-electron chi connectivity index (χ3n) is 5.83. The first-order valence-corrected chi connectivity index (χ1v) is 10.3. The van der Waals surface area contributed by atoms with Crippen molar-refractivity contribution in [1.29, 1.82) is 0 Å². The molecule has 1 aliphatic carbocycles. The van der Waals surface area contributed by atoms with Gasteiger partial charge in [-0.15, -0.1) is 0 Å². The Morgan fingerprint density at radius 2 is 2.04 bits per heavy atom. The van der Waals surface area contributed by atoms with Crippen LogP contribution >= 0.6 is 0 Å².